The first-order valence-corrected chi connectivity index (χ1v) is 9.44. The predicted molar refractivity (Wildman–Crippen MR) is 106 cm³/mol. The van der Waals surface area contributed by atoms with Crippen LogP contribution in [-0.4, -0.2) is 26.3 Å². The monoisotopic (exact) mass is 383 g/mol. The van der Waals surface area contributed by atoms with Gasteiger partial charge in [-0.1, -0.05) is 24.1 Å². The number of urea groups is 1. The zero-order valence-corrected chi connectivity index (χ0v) is 15.5. The number of rotatable bonds is 3. The lowest BCUT2D eigenvalue weighted by molar-refractivity contribution is -0.115. The number of hydrogen-bond acceptors (Lipinski definition) is 4. The van der Waals surface area contributed by atoms with Gasteiger partial charge in [0.1, 0.15) is 11.4 Å². The summed E-state index contributed by atoms with van der Waals surface area (Å²) in [5.74, 6) is 6.45. The molecule has 1 saturated heterocycles. The van der Waals surface area contributed by atoms with Crippen LogP contribution in [0.1, 0.15) is 35.5 Å². The number of fused-ring (bicyclic) bond motifs is 1. The first kappa shape index (κ1) is 17.2. The second kappa shape index (κ2) is 6.91. The zero-order chi connectivity index (χ0) is 19.8. The van der Waals surface area contributed by atoms with E-state index in [4.69, 9.17) is 4.98 Å². The molecular formula is C22H17N5O2. The highest BCUT2D eigenvalue weighted by molar-refractivity contribution is 6.13. The average molecular weight is 383 g/mol. The van der Waals surface area contributed by atoms with Crippen molar-refractivity contribution in [2.24, 2.45) is 5.92 Å². The van der Waals surface area contributed by atoms with Crippen LogP contribution in [0, 0.1) is 17.8 Å². The molecule has 2 aromatic heterocycles. The topological polar surface area (TPSA) is 88.4 Å². The Hall–Kier alpha value is -3.92. The Balaban J connectivity index is 1.59. The maximum absolute atomic E-state index is 11.9. The molecule has 0 spiro atoms. The van der Waals surface area contributed by atoms with Crippen LogP contribution in [0.15, 0.2) is 48.4 Å². The Bertz CT molecular complexity index is 1230. The van der Waals surface area contributed by atoms with Crippen molar-refractivity contribution in [2.45, 2.75) is 19.3 Å². The summed E-state index contributed by atoms with van der Waals surface area (Å²) in [6, 6.07) is 9.21. The fourth-order valence-corrected chi connectivity index (χ4v) is 3.26. The second-order valence-electron chi connectivity index (χ2n) is 7.18. The van der Waals surface area contributed by atoms with Crippen molar-refractivity contribution < 1.29 is 9.59 Å². The molecule has 3 heterocycles. The van der Waals surface area contributed by atoms with Crippen LogP contribution in [0.4, 0.5) is 4.79 Å². The Morgan fingerprint density at radius 3 is 2.69 bits per heavy atom. The molecule has 1 aliphatic heterocycles. The molecule has 5 rings (SSSR count). The van der Waals surface area contributed by atoms with E-state index in [-0.39, 0.29) is 5.70 Å². The Labute approximate surface area is 166 Å². The molecule has 1 aliphatic carbocycles. The zero-order valence-electron chi connectivity index (χ0n) is 15.5. The van der Waals surface area contributed by atoms with Gasteiger partial charge in [0, 0.05) is 11.8 Å². The van der Waals surface area contributed by atoms with Crippen LogP contribution < -0.4 is 10.6 Å². The molecular weight excluding hydrogens is 366 g/mol. The minimum atomic E-state index is -0.527. The summed E-state index contributed by atoms with van der Waals surface area (Å²) in [4.78, 5) is 32.5. The van der Waals surface area contributed by atoms with Gasteiger partial charge in [-0.05, 0) is 49.3 Å². The standard InChI is InChI=1S/C22H17N5O2/c28-21-19(25-22(29)26-21)11-17-12-23-20-18(10-15-6-7-15)24-16(13-27(17)20)9-8-14-4-2-1-3-5-14/h1-5,11-13,15H,6-7,10H2,(H2,25,26,28,29)/b19-11-. The third kappa shape index (κ3) is 3.60. The number of nitrogens with zero attached hydrogens (tertiary/aromatic N) is 3. The summed E-state index contributed by atoms with van der Waals surface area (Å²) in [5.41, 5.74) is 4.06. The normalized spacial score (nSPS) is 17.2. The molecule has 0 bridgehead atoms. The van der Waals surface area contributed by atoms with E-state index in [1.807, 2.05) is 40.9 Å². The second-order valence-corrected chi connectivity index (χ2v) is 7.18. The summed E-state index contributed by atoms with van der Waals surface area (Å²) < 4.78 is 1.88. The van der Waals surface area contributed by atoms with Gasteiger partial charge in [0.15, 0.2) is 5.65 Å². The Morgan fingerprint density at radius 2 is 1.97 bits per heavy atom. The van der Waals surface area contributed by atoms with Crippen molar-refractivity contribution in [3.05, 3.63) is 71.1 Å². The lowest BCUT2D eigenvalue weighted by Crippen LogP contribution is -2.22. The van der Waals surface area contributed by atoms with E-state index in [0.29, 0.717) is 17.3 Å². The Kier molecular flexibility index (Phi) is 4.10. The van der Waals surface area contributed by atoms with Crippen LogP contribution in [0.2, 0.25) is 0 Å². The van der Waals surface area contributed by atoms with Crippen molar-refractivity contribution in [3.63, 3.8) is 0 Å². The molecule has 3 aromatic rings. The molecule has 7 nitrogen and oxygen atoms in total. The quantitative estimate of drug-likeness (QED) is 0.413. The van der Waals surface area contributed by atoms with Gasteiger partial charge in [-0.2, -0.15) is 0 Å². The molecule has 0 radical (unpaired) electrons. The lowest BCUT2D eigenvalue weighted by Gasteiger charge is -2.05. The highest BCUT2D eigenvalue weighted by Gasteiger charge is 2.25. The van der Waals surface area contributed by atoms with Crippen molar-refractivity contribution in [1.82, 2.24) is 25.0 Å². The van der Waals surface area contributed by atoms with Crippen LogP contribution in [0.25, 0.3) is 11.7 Å². The number of nitrogens with one attached hydrogen (secondary N) is 2. The first-order valence-electron chi connectivity index (χ1n) is 9.44. The summed E-state index contributed by atoms with van der Waals surface area (Å²) in [6.45, 7) is 0. The van der Waals surface area contributed by atoms with E-state index in [2.05, 4.69) is 27.5 Å². The van der Waals surface area contributed by atoms with Crippen LogP contribution >= 0.6 is 0 Å². The Morgan fingerprint density at radius 1 is 1.14 bits per heavy atom. The van der Waals surface area contributed by atoms with Crippen LogP contribution in [0.3, 0.4) is 0 Å². The number of amides is 3. The molecule has 0 unspecified atom stereocenters. The van der Waals surface area contributed by atoms with E-state index in [1.165, 1.54) is 12.8 Å². The van der Waals surface area contributed by atoms with Crippen molar-refractivity contribution in [1.29, 1.82) is 0 Å². The number of aromatic nitrogens is 3. The third-order valence-corrected chi connectivity index (χ3v) is 4.89. The van der Waals surface area contributed by atoms with Gasteiger partial charge in [0.25, 0.3) is 5.91 Å². The van der Waals surface area contributed by atoms with E-state index >= 15 is 0 Å². The number of imidazole rings is 1. The molecule has 3 amide bonds. The lowest BCUT2D eigenvalue weighted by atomic mass is 10.2. The van der Waals surface area contributed by atoms with Gasteiger partial charge in [-0.15, -0.1) is 0 Å². The highest BCUT2D eigenvalue weighted by atomic mass is 16.2. The third-order valence-electron chi connectivity index (χ3n) is 4.89. The van der Waals surface area contributed by atoms with Gasteiger partial charge in [-0.3, -0.25) is 14.5 Å². The minimum Gasteiger partial charge on any atom is -0.303 e. The molecule has 0 atom stereocenters. The number of benzene rings is 1. The molecule has 2 aliphatic rings. The predicted octanol–water partition coefficient (Wildman–Crippen LogP) is 2.26. The number of hydrogen-bond donors (Lipinski definition) is 2. The number of carbonyl (C=O) groups excluding carboxylic acids is 2. The summed E-state index contributed by atoms with van der Waals surface area (Å²) in [7, 11) is 0. The van der Waals surface area contributed by atoms with Gasteiger partial charge in [0.2, 0.25) is 0 Å². The molecule has 142 valence electrons. The number of imide groups is 1. The minimum absolute atomic E-state index is 0.189. The van der Waals surface area contributed by atoms with Crippen LogP contribution in [-0.2, 0) is 11.2 Å². The molecule has 7 heteroatoms. The maximum atomic E-state index is 11.9. The SMILES string of the molecule is O=C1NC(=O)/C(=C/c2cnc3c(CC4CC4)nc(C#Cc4ccccc4)cn23)N1. The van der Waals surface area contributed by atoms with Gasteiger partial charge < -0.3 is 5.32 Å². The fourth-order valence-electron chi connectivity index (χ4n) is 3.26. The van der Waals surface area contributed by atoms with Crippen molar-refractivity contribution in [3.8, 4) is 11.8 Å². The van der Waals surface area contributed by atoms with Gasteiger partial charge >= 0.3 is 6.03 Å². The number of carbonyl (C=O) groups is 2. The van der Waals surface area contributed by atoms with E-state index in [9.17, 15) is 9.59 Å². The van der Waals surface area contributed by atoms with Crippen molar-refractivity contribution in [2.75, 3.05) is 0 Å². The van der Waals surface area contributed by atoms with E-state index < -0.39 is 11.9 Å². The largest absolute Gasteiger partial charge is 0.326 e. The summed E-state index contributed by atoms with van der Waals surface area (Å²) >= 11 is 0. The average Bonchev–Trinajstić information content (AvgIpc) is 3.36. The molecule has 29 heavy (non-hydrogen) atoms. The highest BCUT2D eigenvalue weighted by Crippen LogP contribution is 2.33. The molecule has 2 N–H and O–H groups in total. The molecule has 2 fully saturated rings. The summed E-state index contributed by atoms with van der Waals surface area (Å²) in [5, 5.41) is 4.70. The molecule has 1 aromatic carbocycles. The fraction of sp³-hybridized carbons (Fsp3) is 0.182. The van der Waals surface area contributed by atoms with Crippen LogP contribution in [0.5, 0.6) is 0 Å². The van der Waals surface area contributed by atoms with E-state index in [0.717, 1.165) is 23.3 Å². The molecule has 1 saturated carbocycles. The van der Waals surface area contributed by atoms with Gasteiger partial charge in [-0.25, -0.2) is 14.8 Å². The maximum Gasteiger partial charge on any atom is 0.326 e. The van der Waals surface area contributed by atoms with E-state index in [1.54, 1.807) is 12.3 Å². The summed E-state index contributed by atoms with van der Waals surface area (Å²) in [6.07, 6.45) is 8.36. The smallest absolute Gasteiger partial charge is 0.303 e. The van der Waals surface area contributed by atoms with Gasteiger partial charge in [0.05, 0.1) is 17.6 Å². The van der Waals surface area contributed by atoms with Crippen molar-refractivity contribution >= 4 is 23.7 Å². The first-order chi connectivity index (χ1) is 14.2.